The van der Waals surface area contributed by atoms with Crippen molar-refractivity contribution in [1.82, 2.24) is 47.0 Å². The second kappa shape index (κ2) is 29.1. The fraction of sp³-hybridized carbons (Fsp3) is 0.540. The molecule has 2 aromatic carbocycles. The molecule has 2 rings (SSSR count). The Morgan fingerprint density at radius 2 is 1.12 bits per heavy atom. The Kier molecular flexibility index (Phi) is 24.5. The smallest absolute Gasteiger partial charge is 0.408 e. The summed E-state index contributed by atoms with van der Waals surface area (Å²) in [5, 5.41) is 36.0. The lowest BCUT2D eigenvalue weighted by Crippen LogP contribution is -2.60. The van der Waals surface area contributed by atoms with E-state index < -0.39 is 139 Å². The summed E-state index contributed by atoms with van der Waals surface area (Å²) in [7, 11) is 2.72. The number of likely N-dealkylation sites (N-methyl/N-ethyl adjacent to an activating group) is 2. The van der Waals surface area contributed by atoms with Crippen LogP contribution < -0.4 is 37.2 Å². The van der Waals surface area contributed by atoms with E-state index in [-0.39, 0.29) is 25.2 Å². The topological polar surface area (TPSA) is 328 Å². The van der Waals surface area contributed by atoms with Crippen LogP contribution in [0.25, 0.3) is 0 Å². The van der Waals surface area contributed by atoms with Crippen LogP contribution in [0.2, 0.25) is 0 Å². The fourth-order valence-corrected chi connectivity index (χ4v) is 7.15. The molecule has 9 amide bonds. The third-order valence-electron chi connectivity index (χ3n) is 11.1. The number of nitrogens with zero attached hydrogens (tertiary/aromatic N) is 2. The molecule has 0 bridgehead atoms. The molecule has 0 unspecified atom stereocenters. The highest BCUT2D eigenvalue weighted by atomic mass is 16.6. The van der Waals surface area contributed by atoms with Crippen LogP contribution in [-0.2, 0) is 65.5 Å². The van der Waals surface area contributed by atoms with E-state index in [1.165, 1.54) is 27.9 Å². The number of hydrogen-bond acceptors (Lipinski definition) is 12. The number of carboxylic acid groups (broad SMARTS) is 2. The molecule has 23 nitrogen and oxygen atoms in total. The van der Waals surface area contributed by atoms with Gasteiger partial charge in [0.1, 0.15) is 54.4 Å². The quantitative estimate of drug-likeness (QED) is 0.0589. The van der Waals surface area contributed by atoms with Crippen molar-refractivity contribution in [3.05, 3.63) is 71.8 Å². The van der Waals surface area contributed by atoms with Gasteiger partial charge in [0.15, 0.2) is 0 Å². The molecule has 0 aromatic heterocycles. The van der Waals surface area contributed by atoms with Crippen molar-refractivity contribution in [2.24, 2.45) is 11.8 Å². The number of nitrogens with one attached hydrogen (secondary N) is 7. The lowest BCUT2D eigenvalue weighted by atomic mass is 10.00. The molecule has 0 fully saturated rings. The molecular weight excluding hydrogens is 951 g/mol. The normalized spacial score (nSPS) is 14.0. The SMILES string of the molecule is CC(C)C[C@@H](C(=O)N[C@@H](C)C(=O)N[C@H](C(=O)N[C@@H](Cc1ccccc1)C(=O)N[C@@H](CC(=O)O)C(=O)O)C(C)C)N(C)C(=O)CNC(=O)[C@H](Cc1ccccc1)N(C)C(=O)[C@H](C)NC(=O)CNC(=O)OC(C)(C)C. The van der Waals surface area contributed by atoms with Gasteiger partial charge in [-0.3, -0.25) is 43.2 Å². The zero-order valence-corrected chi connectivity index (χ0v) is 43.4. The number of carbonyl (C=O) groups is 11. The molecule has 402 valence electrons. The number of benzene rings is 2. The van der Waals surface area contributed by atoms with Crippen molar-refractivity contribution < 1.29 is 67.7 Å². The van der Waals surface area contributed by atoms with Gasteiger partial charge in [0, 0.05) is 26.9 Å². The van der Waals surface area contributed by atoms with E-state index >= 15 is 0 Å². The van der Waals surface area contributed by atoms with Gasteiger partial charge in [0.2, 0.25) is 47.3 Å². The van der Waals surface area contributed by atoms with Crippen LogP contribution in [0.1, 0.15) is 86.3 Å². The summed E-state index contributed by atoms with van der Waals surface area (Å²) in [5.41, 5.74) is 0.449. The molecule has 7 atom stereocenters. The lowest BCUT2D eigenvalue weighted by molar-refractivity contribution is -0.147. The summed E-state index contributed by atoms with van der Waals surface area (Å²) in [6.45, 7) is 13.5. The number of carboxylic acids is 2. The number of aliphatic carboxylic acids is 2. The van der Waals surface area contributed by atoms with E-state index in [1.807, 2.05) is 13.8 Å². The maximum atomic E-state index is 13.9. The number of alkyl carbamates (subject to hydrolysis) is 1. The predicted octanol–water partition coefficient (Wildman–Crippen LogP) is 0.492. The number of amides is 9. The maximum Gasteiger partial charge on any atom is 0.408 e. The first-order valence-corrected chi connectivity index (χ1v) is 23.8. The van der Waals surface area contributed by atoms with Crippen LogP contribution in [0, 0.1) is 11.8 Å². The Hall–Kier alpha value is -7.59. The van der Waals surface area contributed by atoms with Gasteiger partial charge in [-0.2, -0.15) is 0 Å². The highest BCUT2D eigenvalue weighted by Crippen LogP contribution is 2.14. The van der Waals surface area contributed by atoms with Crippen molar-refractivity contribution in [3.8, 4) is 0 Å². The van der Waals surface area contributed by atoms with Gasteiger partial charge in [-0.25, -0.2) is 9.59 Å². The average molecular weight is 1020 g/mol. The van der Waals surface area contributed by atoms with Gasteiger partial charge in [0.05, 0.1) is 13.0 Å². The predicted molar refractivity (Wildman–Crippen MR) is 266 cm³/mol. The molecule has 0 aliphatic rings. The molecule has 0 saturated heterocycles. The Bertz CT molecular complexity index is 2250. The molecular formula is C50H73N9O14. The minimum Gasteiger partial charge on any atom is -0.481 e. The van der Waals surface area contributed by atoms with Crippen LogP contribution in [0.15, 0.2) is 60.7 Å². The zero-order chi connectivity index (χ0) is 55.3. The van der Waals surface area contributed by atoms with Crippen LogP contribution in [0.5, 0.6) is 0 Å². The average Bonchev–Trinajstić information content (AvgIpc) is 3.30. The van der Waals surface area contributed by atoms with Crippen molar-refractivity contribution in [2.45, 2.75) is 136 Å². The molecule has 0 aliphatic heterocycles. The van der Waals surface area contributed by atoms with Crippen LogP contribution in [0.4, 0.5) is 4.79 Å². The van der Waals surface area contributed by atoms with Crippen molar-refractivity contribution in [1.29, 1.82) is 0 Å². The van der Waals surface area contributed by atoms with Crippen LogP contribution in [0.3, 0.4) is 0 Å². The molecule has 0 spiro atoms. The summed E-state index contributed by atoms with van der Waals surface area (Å²) in [6, 6.07) is 7.90. The molecule has 0 aliphatic carbocycles. The maximum absolute atomic E-state index is 13.9. The molecule has 0 heterocycles. The van der Waals surface area contributed by atoms with Crippen molar-refractivity contribution in [3.63, 3.8) is 0 Å². The number of rotatable bonds is 27. The Morgan fingerprint density at radius 1 is 0.575 bits per heavy atom. The van der Waals surface area contributed by atoms with Crippen molar-refractivity contribution >= 4 is 65.3 Å². The van der Waals surface area contributed by atoms with Gasteiger partial charge in [0.25, 0.3) is 0 Å². The zero-order valence-electron chi connectivity index (χ0n) is 43.4. The van der Waals surface area contributed by atoms with Gasteiger partial charge in [-0.05, 0) is 64.0 Å². The largest absolute Gasteiger partial charge is 0.481 e. The van der Waals surface area contributed by atoms with Gasteiger partial charge >= 0.3 is 18.0 Å². The first kappa shape index (κ1) is 61.5. The van der Waals surface area contributed by atoms with E-state index in [1.54, 1.807) is 95.3 Å². The summed E-state index contributed by atoms with van der Waals surface area (Å²) in [6.07, 6.45) is -1.74. The minimum absolute atomic E-state index is 0.0167. The van der Waals surface area contributed by atoms with Crippen molar-refractivity contribution in [2.75, 3.05) is 27.2 Å². The number of hydrogen-bond donors (Lipinski definition) is 9. The highest BCUT2D eigenvalue weighted by Gasteiger charge is 2.36. The van der Waals surface area contributed by atoms with Gasteiger partial charge in [-0.1, -0.05) is 88.4 Å². The number of carbonyl (C=O) groups excluding carboxylic acids is 9. The molecule has 2 aromatic rings. The van der Waals surface area contributed by atoms with E-state index in [4.69, 9.17) is 4.74 Å². The van der Waals surface area contributed by atoms with E-state index in [0.29, 0.717) is 11.1 Å². The molecule has 0 saturated carbocycles. The van der Waals surface area contributed by atoms with Gasteiger partial charge in [-0.15, -0.1) is 0 Å². The summed E-state index contributed by atoms with van der Waals surface area (Å²) in [4.78, 5) is 146. The lowest BCUT2D eigenvalue weighted by Gasteiger charge is -2.32. The first-order chi connectivity index (χ1) is 34.0. The summed E-state index contributed by atoms with van der Waals surface area (Å²) in [5.74, 6) is -9.95. The van der Waals surface area contributed by atoms with E-state index in [0.717, 1.165) is 9.80 Å². The Morgan fingerprint density at radius 3 is 1.63 bits per heavy atom. The minimum atomic E-state index is -1.80. The standard InChI is InChI=1S/C50H73N9O14/c1-28(2)22-36(45(67)54-30(5)42(64)57-41(29(3)4)46(68)55-34(23-32-18-14-12-15-19-32)43(65)56-35(48(70)71)25-40(62)63)58(10)39(61)27-51-44(66)37(24-33-20-16-13-17-21-33)59(11)47(69)31(6)53-38(60)26-52-49(72)73-50(7,8)9/h12-21,28-31,34-37,41H,22-27H2,1-11H3,(H,51,66)(H,52,72)(H,53,60)(H,54,67)(H,55,68)(H,56,65)(H,57,64)(H,62,63)(H,70,71)/t30-,31-,34-,35-,36-,37-,41-/m0/s1. The van der Waals surface area contributed by atoms with Crippen LogP contribution >= 0.6 is 0 Å². The first-order valence-electron chi connectivity index (χ1n) is 23.8. The van der Waals surface area contributed by atoms with Gasteiger partial charge < -0.3 is 62.0 Å². The summed E-state index contributed by atoms with van der Waals surface area (Å²) < 4.78 is 5.13. The molecule has 0 radical (unpaired) electrons. The summed E-state index contributed by atoms with van der Waals surface area (Å²) >= 11 is 0. The second-order valence-electron chi connectivity index (χ2n) is 19.4. The Labute approximate surface area is 425 Å². The number of ether oxygens (including phenoxy) is 1. The highest BCUT2D eigenvalue weighted by molar-refractivity contribution is 5.97. The van der Waals surface area contributed by atoms with E-state index in [9.17, 15) is 63.0 Å². The fourth-order valence-electron chi connectivity index (χ4n) is 7.15. The molecule has 23 heteroatoms. The molecule has 9 N–H and O–H groups in total. The third-order valence-corrected chi connectivity index (χ3v) is 11.1. The third kappa shape index (κ3) is 21.7. The van der Waals surface area contributed by atoms with E-state index in [2.05, 4.69) is 37.2 Å². The molecule has 73 heavy (non-hydrogen) atoms. The van der Waals surface area contributed by atoms with Crippen LogP contribution in [-0.4, -0.2) is 160 Å². The second-order valence-corrected chi connectivity index (χ2v) is 19.4. The Balaban J connectivity index is 2.21. The monoisotopic (exact) mass is 1020 g/mol.